The van der Waals surface area contributed by atoms with Gasteiger partial charge in [0, 0.05) is 25.3 Å². The number of rotatable bonds is 8. The molecule has 0 aromatic rings. The number of ether oxygens (including phenoxy) is 2. The second-order valence-electron chi connectivity index (χ2n) is 5.66. The number of carbonyl (C=O) groups is 2. The molecule has 0 heterocycles. The molecule has 0 rings (SSSR count). The van der Waals surface area contributed by atoms with Crippen LogP contribution in [0, 0.1) is 11.8 Å². The van der Waals surface area contributed by atoms with Crippen LogP contribution in [0.15, 0.2) is 0 Å². The third-order valence-corrected chi connectivity index (χ3v) is 3.64. The van der Waals surface area contributed by atoms with Gasteiger partial charge in [0.1, 0.15) is 0 Å². The van der Waals surface area contributed by atoms with Crippen molar-refractivity contribution in [1.82, 2.24) is 5.32 Å². The van der Waals surface area contributed by atoms with E-state index in [-0.39, 0.29) is 24.5 Å². The Labute approximate surface area is 125 Å². The molecule has 0 aromatic heterocycles. The molecule has 0 aliphatic rings. The van der Waals surface area contributed by atoms with Gasteiger partial charge in [0.2, 0.25) is 0 Å². The van der Waals surface area contributed by atoms with Crippen LogP contribution < -0.4 is 5.32 Å². The lowest BCUT2D eigenvalue weighted by molar-refractivity contribution is -0.178. The number of nitrogens with one attached hydrogen (secondary N) is 1. The Morgan fingerprint density at radius 3 is 2.19 bits per heavy atom. The zero-order chi connectivity index (χ0) is 16.6. The first kappa shape index (κ1) is 19.9. The van der Waals surface area contributed by atoms with Crippen LogP contribution in [0.1, 0.15) is 34.1 Å². The van der Waals surface area contributed by atoms with Crippen LogP contribution in [-0.2, 0) is 18.8 Å². The highest BCUT2D eigenvalue weighted by Gasteiger charge is 2.24. The van der Waals surface area contributed by atoms with Crippen molar-refractivity contribution in [3.8, 4) is 0 Å². The molecule has 2 N–H and O–H groups in total. The van der Waals surface area contributed by atoms with E-state index in [0.717, 1.165) is 0 Å². The lowest BCUT2D eigenvalue weighted by Crippen LogP contribution is -2.35. The monoisotopic (exact) mass is 323 g/mol. The van der Waals surface area contributed by atoms with Gasteiger partial charge >= 0.3 is 12.1 Å². The van der Waals surface area contributed by atoms with Crippen molar-refractivity contribution < 1.29 is 28.5 Å². The van der Waals surface area contributed by atoms with Crippen molar-refractivity contribution in [3.05, 3.63) is 0 Å². The van der Waals surface area contributed by atoms with Gasteiger partial charge in [-0.2, -0.15) is 0 Å². The van der Waals surface area contributed by atoms with Crippen LogP contribution in [0.3, 0.4) is 0 Å². The Morgan fingerprint density at radius 2 is 1.76 bits per heavy atom. The van der Waals surface area contributed by atoms with Crippen LogP contribution in [0.2, 0.25) is 0 Å². The summed E-state index contributed by atoms with van der Waals surface area (Å²) < 4.78 is 21.2. The SMILES string of the molecule is CC(C)C(=O)O[C@@H](OC(=O)NCCCP(C)(=O)O)C(C)C. The van der Waals surface area contributed by atoms with E-state index in [1.54, 1.807) is 27.7 Å². The van der Waals surface area contributed by atoms with Crippen LogP contribution in [-0.4, -0.2) is 42.6 Å². The topological polar surface area (TPSA) is 102 Å². The minimum absolute atomic E-state index is 0.128. The van der Waals surface area contributed by atoms with Gasteiger partial charge in [-0.3, -0.25) is 9.36 Å². The number of carbonyl (C=O) groups excluding carboxylic acids is 2. The highest BCUT2D eigenvalue weighted by molar-refractivity contribution is 7.57. The first-order valence-corrected chi connectivity index (χ1v) is 9.26. The summed E-state index contributed by atoms with van der Waals surface area (Å²) in [4.78, 5) is 32.2. The molecular weight excluding hydrogens is 297 g/mol. The number of hydrogen-bond donors (Lipinski definition) is 2. The van der Waals surface area contributed by atoms with E-state index in [1.165, 1.54) is 6.66 Å². The molecule has 21 heavy (non-hydrogen) atoms. The van der Waals surface area contributed by atoms with E-state index in [9.17, 15) is 14.2 Å². The number of amides is 1. The molecule has 0 aliphatic heterocycles. The number of alkyl carbamates (subject to hydrolysis) is 1. The van der Waals surface area contributed by atoms with Gasteiger partial charge in [-0.1, -0.05) is 27.7 Å². The zero-order valence-electron chi connectivity index (χ0n) is 13.3. The molecule has 0 saturated heterocycles. The van der Waals surface area contributed by atoms with E-state index < -0.39 is 25.7 Å². The third kappa shape index (κ3) is 10.3. The summed E-state index contributed by atoms with van der Waals surface area (Å²) in [6.07, 6.45) is -1.16. The quantitative estimate of drug-likeness (QED) is 0.307. The summed E-state index contributed by atoms with van der Waals surface area (Å²) in [5, 5.41) is 2.46. The fourth-order valence-corrected chi connectivity index (χ4v) is 2.00. The molecule has 124 valence electrons. The average Bonchev–Trinajstić information content (AvgIpc) is 2.32. The number of esters is 1. The van der Waals surface area contributed by atoms with E-state index in [0.29, 0.717) is 6.42 Å². The van der Waals surface area contributed by atoms with E-state index >= 15 is 0 Å². The lowest BCUT2D eigenvalue weighted by Gasteiger charge is -2.22. The fourth-order valence-electron chi connectivity index (χ4n) is 1.26. The fraction of sp³-hybridized carbons (Fsp3) is 0.846. The molecule has 0 fully saturated rings. The standard InChI is InChI=1S/C13H26NO6P/c1-9(2)11(15)19-12(10(3)4)20-13(16)14-7-6-8-21(5,17)18/h9-10,12H,6-8H2,1-5H3,(H,14,16)(H,17,18)/t12-/m0/s1. The zero-order valence-corrected chi connectivity index (χ0v) is 14.2. The van der Waals surface area contributed by atoms with Gasteiger partial charge in [-0.05, 0) is 6.42 Å². The maximum atomic E-state index is 11.6. The minimum atomic E-state index is -3.06. The van der Waals surface area contributed by atoms with Crippen molar-refractivity contribution in [2.24, 2.45) is 11.8 Å². The normalized spacial score (nSPS) is 15.4. The Bertz CT molecular complexity index is 390. The van der Waals surface area contributed by atoms with E-state index in [1.807, 2.05) is 0 Å². The first-order valence-electron chi connectivity index (χ1n) is 6.97. The Hall–Kier alpha value is -1.07. The summed E-state index contributed by atoms with van der Waals surface area (Å²) >= 11 is 0. The molecule has 2 atom stereocenters. The van der Waals surface area contributed by atoms with Crippen LogP contribution in [0.4, 0.5) is 4.79 Å². The molecule has 0 aliphatic carbocycles. The first-order chi connectivity index (χ1) is 9.53. The minimum Gasteiger partial charge on any atom is -0.425 e. The summed E-state index contributed by atoms with van der Waals surface area (Å²) in [7, 11) is -3.06. The Balaban J connectivity index is 4.18. The molecular formula is C13H26NO6P. The highest BCUT2D eigenvalue weighted by Crippen LogP contribution is 2.35. The van der Waals surface area contributed by atoms with Gasteiger partial charge < -0.3 is 19.7 Å². The second-order valence-corrected chi connectivity index (χ2v) is 8.21. The van der Waals surface area contributed by atoms with Gasteiger partial charge in [-0.15, -0.1) is 0 Å². The van der Waals surface area contributed by atoms with Gasteiger partial charge in [0.15, 0.2) is 7.37 Å². The van der Waals surface area contributed by atoms with Crippen LogP contribution >= 0.6 is 7.37 Å². The Morgan fingerprint density at radius 1 is 1.19 bits per heavy atom. The van der Waals surface area contributed by atoms with Crippen molar-refractivity contribution in [1.29, 1.82) is 0 Å². The largest absolute Gasteiger partial charge is 0.425 e. The van der Waals surface area contributed by atoms with Crippen molar-refractivity contribution in [2.75, 3.05) is 19.4 Å². The maximum Gasteiger partial charge on any atom is 0.410 e. The summed E-state index contributed by atoms with van der Waals surface area (Å²) in [5.41, 5.74) is 0. The molecule has 1 amide bonds. The molecule has 0 spiro atoms. The highest BCUT2D eigenvalue weighted by atomic mass is 31.2. The van der Waals surface area contributed by atoms with Crippen molar-refractivity contribution in [3.63, 3.8) is 0 Å². The summed E-state index contributed by atoms with van der Waals surface area (Å²) in [6.45, 7) is 8.41. The molecule has 0 aromatic carbocycles. The molecule has 7 nitrogen and oxygen atoms in total. The third-order valence-electron chi connectivity index (χ3n) is 2.49. The summed E-state index contributed by atoms with van der Waals surface area (Å²) in [5.74, 6) is -0.915. The smallest absolute Gasteiger partial charge is 0.410 e. The van der Waals surface area contributed by atoms with Gasteiger partial charge in [0.25, 0.3) is 6.29 Å². The molecule has 8 heteroatoms. The van der Waals surface area contributed by atoms with Gasteiger partial charge in [0.05, 0.1) is 5.92 Å². The maximum absolute atomic E-state index is 11.6. The molecule has 0 bridgehead atoms. The predicted octanol–water partition coefficient (Wildman–Crippen LogP) is 2.18. The molecule has 1 unspecified atom stereocenters. The molecule has 0 saturated carbocycles. The van der Waals surface area contributed by atoms with E-state index in [4.69, 9.17) is 14.4 Å². The Kier molecular flexibility index (Phi) is 8.59. The van der Waals surface area contributed by atoms with Crippen molar-refractivity contribution >= 4 is 19.4 Å². The average molecular weight is 323 g/mol. The predicted molar refractivity (Wildman–Crippen MR) is 79.3 cm³/mol. The summed E-state index contributed by atoms with van der Waals surface area (Å²) in [6, 6.07) is 0. The number of hydrogen-bond acceptors (Lipinski definition) is 5. The van der Waals surface area contributed by atoms with E-state index in [2.05, 4.69) is 5.32 Å². The lowest BCUT2D eigenvalue weighted by atomic mass is 10.2. The van der Waals surface area contributed by atoms with Crippen LogP contribution in [0.5, 0.6) is 0 Å². The molecule has 0 radical (unpaired) electrons. The van der Waals surface area contributed by atoms with Gasteiger partial charge in [-0.25, -0.2) is 4.79 Å². The van der Waals surface area contributed by atoms with Crippen LogP contribution in [0.25, 0.3) is 0 Å². The van der Waals surface area contributed by atoms with Crippen molar-refractivity contribution in [2.45, 2.75) is 40.4 Å². The second kappa shape index (κ2) is 9.05.